The SMILES string of the molecule is O=C(O)C=CC=C(NC(=O)C1CC1)C(=O)O. The van der Waals surface area contributed by atoms with Gasteiger partial charge in [-0.2, -0.15) is 0 Å². The summed E-state index contributed by atoms with van der Waals surface area (Å²) in [6.45, 7) is 0. The van der Waals surface area contributed by atoms with E-state index in [9.17, 15) is 14.4 Å². The van der Waals surface area contributed by atoms with Crippen molar-refractivity contribution in [2.24, 2.45) is 5.92 Å². The second-order valence-corrected chi connectivity index (χ2v) is 3.35. The largest absolute Gasteiger partial charge is 0.478 e. The maximum Gasteiger partial charge on any atom is 0.352 e. The van der Waals surface area contributed by atoms with Gasteiger partial charge in [0, 0.05) is 12.0 Å². The number of carboxylic acid groups (broad SMARTS) is 2. The molecule has 0 heterocycles. The Labute approximate surface area is 91.3 Å². The minimum Gasteiger partial charge on any atom is -0.478 e. The topological polar surface area (TPSA) is 104 Å². The predicted octanol–water partition coefficient (Wildman–Crippen LogP) is 0.122. The zero-order valence-electron chi connectivity index (χ0n) is 8.34. The van der Waals surface area contributed by atoms with Crippen molar-refractivity contribution in [2.75, 3.05) is 0 Å². The van der Waals surface area contributed by atoms with Crippen molar-refractivity contribution in [3.05, 3.63) is 23.9 Å². The monoisotopic (exact) mass is 225 g/mol. The number of hydrogen-bond donors (Lipinski definition) is 3. The van der Waals surface area contributed by atoms with Crippen LogP contribution in [0.25, 0.3) is 0 Å². The lowest BCUT2D eigenvalue weighted by atomic mass is 10.3. The smallest absolute Gasteiger partial charge is 0.352 e. The van der Waals surface area contributed by atoms with E-state index in [1.54, 1.807) is 0 Å². The van der Waals surface area contributed by atoms with Gasteiger partial charge in [0.25, 0.3) is 0 Å². The number of aliphatic carboxylic acids is 2. The van der Waals surface area contributed by atoms with E-state index in [2.05, 4.69) is 5.32 Å². The van der Waals surface area contributed by atoms with Crippen LogP contribution >= 0.6 is 0 Å². The van der Waals surface area contributed by atoms with Gasteiger partial charge in [0.2, 0.25) is 5.91 Å². The first-order valence-corrected chi connectivity index (χ1v) is 4.66. The standard InChI is InChI=1S/C10H11NO5/c12-8(13)3-1-2-7(10(15)16)11-9(14)6-4-5-6/h1-3,6H,4-5H2,(H,11,14)(H,12,13)(H,15,16). The molecular formula is C10H11NO5. The van der Waals surface area contributed by atoms with Crippen molar-refractivity contribution >= 4 is 17.8 Å². The number of carbonyl (C=O) groups excluding carboxylic acids is 1. The lowest BCUT2D eigenvalue weighted by molar-refractivity contribution is -0.135. The number of carboxylic acids is 2. The van der Waals surface area contributed by atoms with E-state index >= 15 is 0 Å². The van der Waals surface area contributed by atoms with Gasteiger partial charge in [0.15, 0.2) is 0 Å². The number of rotatable bonds is 5. The first kappa shape index (κ1) is 12.0. The van der Waals surface area contributed by atoms with Gasteiger partial charge in [-0.25, -0.2) is 9.59 Å². The molecule has 16 heavy (non-hydrogen) atoms. The van der Waals surface area contributed by atoms with Crippen molar-refractivity contribution in [2.45, 2.75) is 12.8 Å². The molecule has 0 spiro atoms. The Bertz CT molecular complexity index is 379. The molecule has 6 nitrogen and oxygen atoms in total. The van der Waals surface area contributed by atoms with E-state index in [-0.39, 0.29) is 17.5 Å². The molecule has 3 N–H and O–H groups in total. The Kier molecular flexibility index (Phi) is 3.82. The molecule has 0 aromatic rings. The minimum atomic E-state index is -1.30. The summed E-state index contributed by atoms with van der Waals surface area (Å²) in [6, 6.07) is 0. The second kappa shape index (κ2) is 5.11. The van der Waals surface area contributed by atoms with Crippen LogP contribution in [0.3, 0.4) is 0 Å². The molecule has 0 bridgehead atoms. The summed E-state index contributed by atoms with van der Waals surface area (Å²) in [5, 5.41) is 19.3. The van der Waals surface area contributed by atoms with Crippen molar-refractivity contribution in [3.8, 4) is 0 Å². The van der Waals surface area contributed by atoms with Crippen molar-refractivity contribution < 1.29 is 24.6 Å². The van der Waals surface area contributed by atoms with Gasteiger partial charge in [-0.05, 0) is 18.9 Å². The van der Waals surface area contributed by atoms with Gasteiger partial charge in [0.1, 0.15) is 5.70 Å². The highest BCUT2D eigenvalue weighted by atomic mass is 16.4. The van der Waals surface area contributed by atoms with E-state index in [0.717, 1.165) is 31.1 Å². The fourth-order valence-electron chi connectivity index (χ4n) is 0.973. The molecule has 1 aliphatic carbocycles. The molecule has 0 atom stereocenters. The Hall–Kier alpha value is -2.11. The Morgan fingerprint density at radius 1 is 1.19 bits per heavy atom. The summed E-state index contributed by atoms with van der Waals surface area (Å²) < 4.78 is 0. The molecule has 1 saturated carbocycles. The summed E-state index contributed by atoms with van der Waals surface area (Å²) in [6.07, 6.45) is 4.41. The number of allylic oxidation sites excluding steroid dienone is 2. The molecule has 86 valence electrons. The van der Waals surface area contributed by atoms with Crippen LogP contribution in [0.1, 0.15) is 12.8 Å². The van der Waals surface area contributed by atoms with Gasteiger partial charge in [0.05, 0.1) is 0 Å². The van der Waals surface area contributed by atoms with Gasteiger partial charge in [-0.3, -0.25) is 4.79 Å². The molecule has 0 radical (unpaired) electrons. The summed E-state index contributed by atoms with van der Waals surface area (Å²) >= 11 is 0. The molecule has 0 unspecified atom stereocenters. The summed E-state index contributed by atoms with van der Waals surface area (Å²) in [7, 11) is 0. The first-order chi connectivity index (χ1) is 7.50. The van der Waals surface area contributed by atoms with Crippen LogP contribution < -0.4 is 5.32 Å². The van der Waals surface area contributed by atoms with Crippen LogP contribution in [0.4, 0.5) is 0 Å². The number of nitrogens with one attached hydrogen (secondary N) is 1. The Morgan fingerprint density at radius 3 is 2.25 bits per heavy atom. The quantitative estimate of drug-likeness (QED) is 0.455. The number of hydrogen-bond acceptors (Lipinski definition) is 3. The molecule has 0 saturated heterocycles. The highest BCUT2D eigenvalue weighted by Gasteiger charge is 2.30. The first-order valence-electron chi connectivity index (χ1n) is 4.66. The third-order valence-electron chi connectivity index (χ3n) is 1.94. The van der Waals surface area contributed by atoms with Crippen LogP contribution in [-0.2, 0) is 14.4 Å². The van der Waals surface area contributed by atoms with Gasteiger partial charge < -0.3 is 15.5 Å². The third-order valence-corrected chi connectivity index (χ3v) is 1.94. The molecule has 0 aromatic heterocycles. The Morgan fingerprint density at radius 2 is 1.81 bits per heavy atom. The van der Waals surface area contributed by atoms with Crippen LogP contribution in [0, 0.1) is 5.92 Å². The molecular weight excluding hydrogens is 214 g/mol. The van der Waals surface area contributed by atoms with Crippen LogP contribution in [0.2, 0.25) is 0 Å². The molecule has 1 aliphatic rings. The van der Waals surface area contributed by atoms with Crippen LogP contribution in [0.15, 0.2) is 23.9 Å². The highest BCUT2D eigenvalue weighted by molar-refractivity contribution is 5.94. The number of amides is 1. The zero-order chi connectivity index (χ0) is 12.1. The molecule has 1 amide bonds. The van der Waals surface area contributed by atoms with E-state index in [0.29, 0.717) is 0 Å². The zero-order valence-corrected chi connectivity index (χ0v) is 8.34. The van der Waals surface area contributed by atoms with E-state index in [1.807, 2.05) is 0 Å². The van der Waals surface area contributed by atoms with Crippen LogP contribution in [0.5, 0.6) is 0 Å². The van der Waals surface area contributed by atoms with Crippen molar-refractivity contribution in [1.29, 1.82) is 0 Å². The molecule has 1 rings (SSSR count). The minimum absolute atomic E-state index is 0.105. The average Bonchev–Trinajstić information content (AvgIpc) is 2.98. The van der Waals surface area contributed by atoms with Crippen molar-refractivity contribution in [1.82, 2.24) is 5.32 Å². The lowest BCUT2D eigenvalue weighted by Gasteiger charge is -2.03. The summed E-state index contributed by atoms with van der Waals surface area (Å²) in [4.78, 5) is 32.1. The predicted molar refractivity (Wildman–Crippen MR) is 53.4 cm³/mol. The fraction of sp³-hybridized carbons (Fsp3) is 0.300. The van der Waals surface area contributed by atoms with Gasteiger partial charge in [-0.15, -0.1) is 0 Å². The lowest BCUT2D eigenvalue weighted by Crippen LogP contribution is -2.28. The fourth-order valence-corrected chi connectivity index (χ4v) is 0.973. The average molecular weight is 225 g/mol. The van der Waals surface area contributed by atoms with Gasteiger partial charge in [-0.1, -0.05) is 6.08 Å². The molecule has 0 aliphatic heterocycles. The molecule has 0 aromatic carbocycles. The van der Waals surface area contributed by atoms with E-state index in [1.165, 1.54) is 0 Å². The summed E-state index contributed by atoms with van der Waals surface area (Å²) in [5.74, 6) is -2.93. The maximum atomic E-state index is 11.3. The second-order valence-electron chi connectivity index (χ2n) is 3.35. The maximum absolute atomic E-state index is 11.3. The Balaban J connectivity index is 2.62. The molecule has 1 fully saturated rings. The third kappa shape index (κ3) is 3.95. The van der Waals surface area contributed by atoms with Gasteiger partial charge >= 0.3 is 11.9 Å². The summed E-state index contributed by atoms with van der Waals surface area (Å²) in [5.41, 5.74) is -0.325. The molecule has 6 heteroatoms. The van der Waals surface area contributed by atoms with E-state index < -0.39 is 11.9 Å². The van der Waals surface area contributed by atoms with Crippen molar-refractivity contribution in [3.63, 3.8) is 0 Å². The number of carbonyl (C=O) groups is 3. The highest BCUT2D eigenvalue weighted by Crippen LogP contribution is 2.28. The normalized spacial score (nSPS) is 16.1. The van der Waals surface area contributed by atoms with Crippen LogP contribution in [-0.4, -0.2) is 28.1 Å². The van der Waals surface area contributed by atoms with E-state index in [4.69, 9.17) is 10.2 Å².